The molecule has 34 heavy (non-hydrogen) atoms. The summed E-state index contributed by atoms with van der Waals surface area (Å²) in [5.41, 5.74) is 2.98. The maximum absolute atomic E-state index is 12.3. The summed E-state index contributed by atoms with van der Waals surface area (Å²) in [4.78, 5) is 26.9. The zero-order valence-corrected chi connectivity index (χ0v) is 19.7. The lowest BCUT2D eigenvalue weighted by Gasteiger charge is -2.48. The third-order valence-electron chi connectivity index (χ3n) is 7.50. The van der Waals surface area contributed by atoms with Crippen molar-refractivity contribution in [2.75, 3.05) is 26.2 Å². The number of carbonyl (C=O) groups is 2. The van der Waals surface area contributed by atoms with Crippen molar-refractivity contribution in [1.29, 1.82) is 0 Å². The first-order valence-electron chi connectivity index (χ1n) is 12.3. The van der Waals surface area contributed by atoms with E-state index in [4.69, 9.17) is 4.74 Å². The monoisotopic (exact) mass is 463 g/mol. The van der Waals surface area contributed by atoms with Crippen molar-refractivity contribution < 1.29 is 19.4 Å². The first-order chi connectivity index (χ1) is 16.4. The van der Waals surface area contributed by atoms with Crippen LogP contribution in [0.25, 0.3) is 0 Å². The highest BCUT2D eigenvalue weighted by atomic mass is 16.5. The highest BCUT2D eigenvalue weighted by Gasteiger charge is 2.40. The number of aryl methyl sites for hydroxylation is 1. The normalized spacial score (nSPS) is 24.6. The van der Waals surface area contributed by atoms with Crippen LogP contribution in [0.3, 0.4) is 0 Å². The Bertz CT molecular complexity index is 1070. The fourth-order valence-corrected chi connectivity index (χ4v) is 5.42. The first kappa shape index (κ1) is 22.9. The molecule has 0 aromatic heterocycles. The lowest BCUT2D eigenvalue weighted by atomic mass is 9.76. The minimum atomic E-state index is -0.786. The van der Waals surface area contributed by atoms with E-state index in [2.05, 4.69) is 27.7 Å². The van der Waals surface area contributed by atoms with Crippen LogP contribution in [0.1, 0.15) is 52.7 Å². The summed E-state index contributed by atoms with van der Waals surface area (Å²) < 4.78 is 5.68. The van der Waals surface area contributed by atoms with Gasteiger partial charge in [-0.15, -0.1) is 0 Å². The Kier molecular flexibility index (Phi) is 6.32. The molecular weight excluding hydrogens is 430 g/mol. The molecule has 2 aliphatic heterocycles. The second-order valence-electron chi connectivity index (χ2n) is 9.95. The number of hydrogen-bond acceptors (Lipinski definition) is 5. The van der Waals surface area contributed by atoms with E-state index in [0.29, 0.717) is 11.6 Å². The third-order valence-corrected chi connectivity index (χ3v) is 7.50. The van der Waals surface area contributed by atoms with Gasteiger partial charge in [0.15, 0.2) is 0 Å². The molecule has 2 amide bonds. The lowest BCUT2D eigenvalue weighted by Crippen LogP contribution is -2.63. The minimum absolute atomic E-state index is 0.0236. The Hall–Kier alpha value is -2.90. The van der Waals surface area contributed by atoms with E-state index in [1.165, 1.54) is 5.56 Å². The van der Waals surface area contributed by atoms with Gasteiger partial charge in [0.2, 0.25) is 5.91 Å². The van der Waals surface area contributed by atoms with Crippen LogP contribution in [0.5, 0.6) is 5.75 Å². The summed E-state index contributed by atoms with van der Waals surface area (Å²) in [6.45, 7) is 4.26. The highest BCUT2D eigenvalue weighted by molar-refractivity contribution is 5.96. The molecule has 0 atom stereocenters. The molecule has 0 unspecified atom stereocenters. The van der Waals surface area contributed by atoms with Crippen molar-refractivity contribution in [3.05, 3.63) is 64.7 Å². The van der Waals surface area contributed by atoms with Gasteiger partial charge in [-0.25, -0.2) is 0 Å². The summed E-state index contributed by atoms with van der Waals surface area (Å²) >= 11 is 0. The molecule has 5 rings (SSSR count). The summed E-state index contributed by atoms with van der Waals surface area (Å²) in [5, 5.41) is 17.0. The molecule has 7 nitrogen and oxygen atoms in total. The van der Waals surface area contributed by atoms with E-state index in [-0.39, 0.29) is 24.4 Å². The van der Waals surface area contributed by atoms with Gasteiger partial charge in [-0.1, -0.05) is 29.8 Å². The van der Waals surface area contributed by atoms with Crippen molar-refractivity contribution in [1.82, 2.24) is 15.5 Å². The predicted octanol–water partition coefficient (Wildman–Crippen LogP) is 2.29. The quantitative estimate of drug-likeness (QED) is 0.612. The number of rotatable bonds is 6. The fourth-order valence-electron chi connectivity index (χ4n) is 5.42. The second kappa shape index (κ2) is 9.39. The van der Waals surface area contributed by atoms with Crippen molar-refractivity contribution in [2.24, 2.45) is 0 Å². The molecule has 2 heterocycles. The zero-order chi connectivity index (χ0) is 23.7. The number of carbonyl (C=O) groups excluding carboxylic acids is 2. The van der Waals surface area contributed by atoms with Crippen molar-refractivity contribution >= 4 is 11.8 Å². The Morgan fingerprint density at radius 1 is 1.15 bits per heavy atom. The molecule has 1 aliphatic carbocycles. The van der Waals surface area contributed by atoms with Crippen molar-refractivity contribution in [3.63, 3.8) is 0 Å². The molecule has 0 bridgehead atoms. The first-order valence-corrected chi connectivity index (χ1v) is 12.3. The molecule has 2 aromatic rings. The van der Waals surface area contributed by atoms with E-state index in [1.807, 2.05) is 25.1 Å². The van der Waals surface area contributed by atoms with E-state index in [0.717, 1.165) is 68.7 Å². The molecule has 1 saturated carbocycles. The number of nitrogens with one attached hydrogen (secondary N) is 2. The van der Waals surface area contributed by atoms with Gasteiger partial charge >= 0.3 is 0 Å². The summed E-state index contributed by atoms with van der Waals surface area (Å²) in [6.07, 6.45) is 4.27. The van der Waals surface area contributed by atoms with Crippen LogP contribution in [0.4, 0.5) is 0 Å². The van der Waals surface area contributed by atoms with Gasteiger partial charge in [0.25, 0.3) is 5.91 Å². The van der Waals surface area contributed by atoms with E-state index in [1.54, 1.807) is 12.1 Å². The number of ether oxygens (including phenoxy) is 1. The maximum atomic E-state index is 12.3. The lowest BCUT2D eigenvalue weighted by molar-refractivity contribution is -0.122. The molecular formula is C27H33N3O4. The summed E-state index contributed by atoms with van der Waals surface area (Å²) in [6, 6.07) is 14.0. The number of amides is 2. The summed E-state index contributed by atoms with van der Waals surface area (Å²) in [5.74, 6) is 0.519. The predicted molar refractivity (Wildman–Crippen MR) is 129 cm³/mol. The Labute approximate surface area is 200 Å². The number of hydrogen-bond donors (Lipinski definition) is 3. The van der Waals surface area contributed by atoms with Crippen LogP contribution in [-0.2, 0) is 16.8 Å². The van der Waals surface area contributed by atoms with Gasteiger partial charge in [-0.05, 0) is 61.9 Å². The summed E-state index contributed by atoms with van der Waals surface area (Å²) in [7, 11) is 0. The van der Waals surface area contributed by atoms with Crippen LogP contribution in [0.15, 0.2) is 42.5 Å². The maximum Gasteiger partial charge on any atom is 0.251 e. The standard InChI is InChI=1S/C27H33N3O4/c1-18-3-2-4-20(13-18)26(32)28-15-25(31)29-22-16-30(17-22)23-7-10-27(33,11-8-23)21-6-5-19-9-12-34-24(19)14-21/h2-6,13-14,22-23,33H,7-12,15-17H2,1H3,(H,28,32)(H,29,31). The number of benzene rings is 2. The zero-order valence-electron chi connectivity index (χ0n) is 19.7. The second-order valence-corrected chi connectivity index (χ2v) is 9.95. The molecule has 1 saturated heterocycles. The molecule has 3 aliphatic rings. The number of nitrogens with zero attached hydrogens (tertiary/aromatic N) is 1. The Morgan fingerprint density at radius 2 is 1.94 bits per heavy atom. The Balaban J connectivity index is 1.04. The molecule has 180 valence electrons. The SMILES string of the molecule is Cc1cccc(C(=O)NCC(=O)NC2CN(C3CCC(O)(c4ccc5c(c4)OCC5)CC3)C2)c1. The average Bonchev–Trinajstić information content (AvgIpc) is 3.28. The molecule has 2 aromatic carbocycles. The van der Waals surface area contributed by atoms with E-state index >= 15 is 0 Å². The third kappa shape index (κ3) is 4.81. The number of fused-ring (bicyclic) bond motifs is 1. The number of likely N-dealkylation sites (tertiary alicyclic amines) is 1. The molecule has 3 N–H and O–H groups in total. The van der Waals surface area contributed by atoms with Crippen LogP contribution in [0.2, 0.25) is 0 Å². The number of aliphatic hydroxyl groups is 1. The molecule has 7 heteroatoms. The van der Waals surface area contributed by atoms with Crippen LogP contribution < -0.4 is 15.4 Å². The van der Waals surface area contributed by atoms with Gasteiger partial charge in [0, 0.05) is 31.1 Å². The average molecular weight is 464 g/mol. The molecule has 2 fully saturated rings. The van der Waals surface area contributed by atoms with E-state index in [9.17, 15) is 14.7 Å². The van der Waals surface area contributed by atoms with Gasteiger partial charge in [-0.3, -0.25) is 14.5 Å². The van der Waals surface area contributed by atoms with Crippen LogP contribution in [0, 0.1) is 6.92 Å². The van der Waals surface area contributed by atoms with Crippen LogP contribution >= 0.6 is 0 Å². The molecule has 0 radical (unpaired) electrons. The Morgan fingerprint density at radius 3 is 2.71 bits per heavy atom. The minimum Gasteiger partial charge on any atom is -0.493 e. The van der Waals surface area contributed by atoms with Gasteiger partial charge in [0.1, 0.15) is 5.75 Å². The van der Waals surface area contributed by atoms with E-state index < -0.39 is 5.60 Å². The fraction of sp³-hybridized carbons (Fsp3) is 0.481. The van der Waals surface area contributed by atoms with Gasteiger partial charge < -0.3 is 20.5 Å². The molecule has 0 spiro atoms. The smallest absolute Gasteiger partial charge is 0.251 e. The van der Waals surface area contributed by atoms with Crippen molar-refractivity contribution in [3.8, 4) is 5.75 Å². The van der Waals surface area contributed by atoms with Gasteiger partial charge in [0.05, 0.1) is 24.8 Å². The topological polar surface area (TPSA) is 90.9 Å². The van der Waals surface area contributed by atoms with Crippen molar-refractivity contribution in [2.45, 2.75) is 56.7 Å². The van der Waals surface area contributed by atoms with Crippen LogP contribution in [-0.4, -0.2) is 60.1 Å². The largest absolute Gasteiger partial charge is 0.493 e. The highest BCUT2D eigenvalue weighted by Crippen LogP contribution is 2.41. The van der Waals surface area contributed by atoms with Gasteiger partial charge in [-0.2, -0.15) is 0 Å².